The number of carboxylic acids is 2. The molecule has 0 aliphatic heterocycles. The van der Waals surface area contributed by atoms with E-state index in [-0.39, 0.29) is 11.4 Å². The molecule has 0 saturated heterocycles. The monoisotopic (exact) mass is 366 g/mol. The van der Waals surface area contributed by atoms with Crippen LogP contribution in [-0.4, -0.2) is 42.7 Å². The molecule has 12 heteroatoms. The zero-order chi connectivity index (χ0) is 20.0. The van der Waals surface area contributed by atoms with Gasteiger partial charge in [0.15, 0.2) is 12.1 Å². The molecule has 0 spiro atoms. The van der Waals surface area contributed by atoms with E-state index >= 15 is 0 Å². The number of nitrogens with zero attached hydrogens (tertiary/aromatic N) is 3. The molecule has 1 heterocycles. The molecule has 1 aromatic carbocycles. The number of aromatic nitrogens is 2. The van der Waals surface area contributed by atoms with Gasteiger partial charge in [0.1, 0.15) is 17.3 Å². The summed E-state index contributed by atoms with van der Waals surface area (Å²) in [5.74, 6) is -3.36. The molecular weight excluding hydrogens is 352 g/mol. The smallest absolute Gasteiger partial charge is 0.410 e. The van der Waals surface area contributed by atoms with E-state index < -0.39 is 39.8 Å². The molecule has 2 aromatic rings. The zero-order valence-electron chi connectivity index (χ0n) is 13.6. The van der Waals surface area contributed by atoms with Crippen molar-refractivity contribution >= 4 is 23.8 Å². The molecule has 26 heavy (non-hydrogen) atoms. The van der Waals surface area contributed by atoms with Crippen molar-refractivity contribution in [1.29, 1.82) is 0 Å². The number of rotatable bonds is 4. The van der Waals surface area contributed by atoms with Crippen LogP contribution >= 0.6 is 0 Å². The number of carbonyl (C=O) groups is 3. The van der Waals surface area contributed by atoms with Crippen LogP contribution in [0.4, 0.5) is 10.6 Å². The molecule has 0 atom stereocenters. The van der Waals surface area contributed by atoms with Crippen molar-refractivity contribution in [3.8, 4) is 5.75 Å². The van der Waals surface area contributed by atoms with Crippen LogP contribution in [0.15, 0.2) is 24.7 Å². The normalized spacial score (nSPS) is 9.62. The summed E-state index contributed by atoms with van der Waals surface area (Å²) in [4.78, 5) is 45.6. The minimum absolute atomic E-state index is 0.00926. The van der Waals surface area contributed by atoms with Gasteiger partial charge in [0.2, 0.25) is 0 Å². The average molecular weight is 366 g/mol. The quantitative estimate of drug-likeness (QED) is 0.527. The Bertz CT molecular complexity index is 874. The first-order chi connectivity index (χ1) is 12.1. The molecule has 138 valence electrons. The molecule has 0 aliphatic carbocycles. The Hall–Kier alpha value is -3.96. The standard InChI is InChI=1S/C10H9NO6.C4H5N3O2/c1-4-2-3-5(8(12)13)7(17-10(11)16)6(4)9(14)15;1-6-3-5-2-4(6)7(8)9/h2-3H,1H3,(H2,11,16)(H,12,13)(H,14,15);2-3H,1H3. The molecule has 0 aliphatic rings. The molecule has 0 unspecified atom stereocenters. The van der Waals surface area contributed by atoms with Crippen LogP contribution in [0.3, 0.4) is 0 Å². The summed E-state index contributed by atoms with van der Waals surface area (Å²) in [6.45, 7) is 1.45. The van der Waals surface area contributed by atoms with Gasteiger partial charge in [-0.15, -0.1) is 0 Å². The van der Waals surface area contributed by atoms with E-state index in [2.05, 4.69) is 9.72 Å². The van der Waals surface area contributed by atoms with Crippen molar-refractivity contribution in [2.45, 2.75) is 6.92 Å². The number of aryl methyl sites for hydroxylation is 2. The van der Waals surface area contributed by atoms with E-state index in [1.807, 2.05) is 0 Å². The number of carbonyl (C=O) groups excluding carboxylic acids is 1. The van der Waals surface area contributed by atoms with Gasteiger partial charge in [-0.25, -0.2) is 23.9 Å². The molecule has 0 saturated carbocycles. The van der Waals surface area contributed by atoms with Gasteiger partial charge < -0.3 is 30.8 Å². The molecule has 0 fully saturated rings. The number of hydrogen-bond acceptors (Lipinski definition) is 7. The van der Waals surface area contributed by atoms with Crippen LogP contribution in [0.1, 0.15) is 26.3 Å². The summed E-state index contributed by atoms with van der Waals surface area (Å²) in [7, 11) is 1.57. The van der Waals surface area contributed by atoms with Gasteiger partial charge in [-0.2, -0.15) is 0 Å². The highest BCUT2D eigenvalue weighted by Gasteiger charge is 2.23. The van der Waals surface area contributed by atoms with Crippen LogP contribution in [-0.2, 0) is 7.05 Å². The molecule has 1 aromatic heterocycles. The van der Waals surface area contributed by atoms with E-state index in [0.29, 0.717) is 0 Å². The van der Waals surface area contributed by atoms with Crippen LogP contribution in [0.2, 0.25) is 0 Å². The highest BCUT2D eigenvalue weighted by Crippen LogP contribution is 2.27. The molecule has 4 N–H and O–H groups in total. The summed E-state index contributed by atoms with van der Waals surface area (Å²) < 4.78 is 5.80. The van der Waals surface area contributed by atoms with Gasteiger partial charge in [-0.3, -0.25) is 0 Å². The van der Waals surface area contributed by atoms with E-state index in [0.717, 1.165) is 6.07 Å². The second-order valence-electron chi connectivity index (χ2n) is 4.79. The number of amides is 1. The number of nitrogens with two attached hydrogens (primary N) is 1. The molecule has 0 bridgehead atoms. The van der Waals surface area contributed by atoms with Crippen LogP contribution in [0, 0.1) is 17.0 Å². The minimum atomic E-state index is -1.41. The fourth-order valence-corrected chi connectivity index (χ4v) is 1.85. The summed E-state index contributed by atoms with van der Waals surface area (Å²) >= 11 is 0. The summed E-state index contributed by atoms with van der Waals surface area (Å²) in [5.41, 5.74) is 4.19. The summed E-state index contributed by atoms with van der Waals surface area (Å²) in [6.07, 6.45) is 1.32. The Morgan fingerprint density at radius 3 is 2.23 bits per heavy atom. The highest BCUT2D eigenvalue weighted by atomic mass is 16.6. The number of ether oxygens (including phenoxy) is 1. The van der Waals surface area contributed by atoms with Crippen molar-refractivity contribution in [3.63, 3.8) is 0 Å². The number of hydrogen-bond donors (Lipinski definition) is 3. The van der Waals surface area contributed by atoms with Gasteiger partial charge in [-0.05, 0) is 23.5 Å². The Labute approximate surface area is 145 Å². The Kier molecular flexibility index (Phi) is 6.36. The van der Waals surface area contributed by atoms with Gasteiger partial charge >= 0.3 is 23.8 Å². The first-order valence-corrected chi connectivity index (χ1v) is 6.74. The van der Waals surface area contributed by atoms with Crippen molar-refractivity contribution in [2.24, 2.45) is 12.8 Å². The van der Waals surface area contributed by atoms with Crippen LogP contribution in [0.5, 0.6) is 5.75 Å². The second kappa shape index (κ2) is 8.23. The molecule has 12 nitrogen and oxygen atoms in total. The Morgan fingerprint density at radius 2 is 1.88 bits per heavy atom. The maximum atomic E-state index is 11.0. The van der Waals surface area contributed by atoms with Crippen molar-refractivity contribution in [2.75, 3.05) is 0 Å². The van der Waals surface area contributed by atoms with Gasteiger partial charge in [0, 0.05) is 0 Å². The lowest BCUT2D eigenvalue weighted by atomic mass is 10.0. The third-order valence-corrected chi connectivity index (χ3v) is 2.99. The SMILES string of the molecule is Cc1ccc(C(=O)O)c(OC(N)=O)c1C(=O)O.Cn1cncc1[N+](=O)[O-]. The van der Waals surface area contributed by atoms with Gasteiger partial charge in [0.25, 0.3) is 0 Å². The molecule has 2 rings (SSSR count). The largest absolute Gasteiger partial charge is 0.478 e. The van der Waals surface area contributed by atoms with Crippen LogP contribution < -0.4 is 10.5 Å². The zero-order valence-corrected chi connectivity index (χ0v) is 13.6. The Balaban J connectivity index is 0.000000314. The van der Waals surface area contributed by atoms with Crippen molar-refractivity contribution in [1.82, 2.24) is 9.55 Å². The number of nitro groups is 1. The van der Waals surface area contributed by atoms with Gasteiger partial charge in [-0.1, -0.05) is 6.07 Å². The van der Waals surface area contributed by atoms with Crippen molar-refractivity contribution in [3.05, 3.63) is 51.5 Å². The average Bonchev–Trinajstić information content (AvgIpc) is 2.93. The number of benzene rings is 1. The lowest BCUT2D eigenvalue weighted by molar-refractivity contribution is -0.391. The first-order valence-electron chi connectivity index (χ1n) is 6.74. The fourth-order valence-electron chi connectivity index (χ4n) is 1.85. The first kappa shape index (κ1) is 20.1. The maximum Gasteiger partial charge on any atom is 0.410 e. The Morgan fingerprint density at radius 1 is 1.27 bits per heavy atom. The summed E-state index contributed by atoms with van der Waals surface area (Å²) in [6, 6.07) is 2.45. The third kappa shape index (κ3) is 4.77. The third-order valence-electron chi connectivity index (χ3n) is 2.99. The fraction of sp³-hybridized carbons (Fsp3) is 0.143. The maximum absolute atomic E-state index is 11.0. The highest BCUT2D eigenvalue weighted by molar-refractivity contribution is 6.00. The molecule has 1 amide bonds. The van der Waals surface area contributed by atoms with E-state index in [1.54, 1.807) is 7.05 Å². The number of carboxylic acid groups (broad SMARTS) is 2. The lowest BCUT2D eigenvalue weighted by Crippen LogP contribution is -2.20. The van der Waals surface area contributed by atoms with Crippen LogP contribution in [0.25, 0.3) is 0 Å². The van der Waals surface area contributed by atoms with Crippen molar-refractivity contribution < 1.29 is 34.3 Å². The van der Waals surface area contributed by atoms with Gasteiger partial charge in [0.05, 0.1) is 7.05 Å². The predicted molar refractivity (Wildman–Crippen MR) is 85.2 cm³/mol. The number of primary amides is 1. The number of imidazole rings is 1. The number of aromatic carboxylic acids is 2. The van der Waals surface area contributed by atoms with E-state index in [9.17, 15) is 24.5 Å². The lowest BCUT2D eigenvalue weighted by Gasteiger charge is -2.10. The topological polar surface area (TPSA) is 188 Å². The van der Waals surface area contributed by atoms with E-state index in [4.69, 9.17) is 15.9 Å². The predicted octanol–water partition coefficient (Wildman–Crippen LogP) is 1.18. The molecular formula is C14H14N4O8. The minimum Gasteiger partial charge on any atom is -0.478 e. The second-order valence-corrected chi connectivity index (χ2v) is 4.79. The van der Waals surface area contributed by atoms with E-state index in [1.165, 1.54) is 30.1 Å². The molecule has 0 radical (unpaired) electrons. The summed E-state index contributed by atoms with van der Waals surface area (Å²) in [5, 5.41) is 27.8.